The van der Waals surface area contributed by atoms with Gasteiger partial charge in [0.25, 0.3) is 0 Å². The van der Waals surface area contributed by atoms with Crippen LogP contribution >= 0.6 is 11.8 Å². The van der Waals surface area contributed by atoms with E-state index in [1.165, 1.54) is 12.7 Å². The second kappa shape index (κ2) is 10.8. The van der Waals surface area contributed by atoms with Gasteiger partial charge in [0.2, 0.25) is 0 Å². The molecular weight excluding hydrogens is 444 g/mol. The van der Waals surface area contributed by atoms with E-state index in [-0.39, 0.29) is 5.82 Å². The van der Waals surface area contributed by atoms with Crippen molar-refractivity contribution in [2.45, 2.75) is 37.5 Å². The summed E-state index contributed by atoms with van der Waals surface area (Å²) in [5, 5.41) is 24.1. The lowest BCUT2D eigenvalue weighted by molar-refractivity contribution is -0.0289. The summed E-state index contributed by atoms with van der Waals surface area (Å²) < 4.78 is 7.52. The van der Waals surface area contributed by atoms with Gasteiger partial charge in [0.05, 0.1) is 19.0 Å². The van der Waals surface area contributed by atoms with Crippen LogP contribution in [0, 0.1) is 0 Å². The van der Waals surface area contributed by atoms with Gasteiger partial charge in [0, 0.05) is 12.3 Å². The molecule has 1 aromatic carbocycles. The quantitative estimate of drug-likeness (QED) is 0.165. The molecule has 3 heterocycles. The second-order valence-corrected chi connectivity index (χ2v) is 8.82. The van der Waals surface area contributed by atoms with Crippen molar-refractivity contribution in [2.24, 2.45) is 10.7 Å². The zero-order valence-corrected chi connectivity index (χ0v) is 18.8. The lowest BCUT2D eigenvalue weighted by Crippen LogP contribution is -2.33. The number of rotatable bonds is 9. The molecule has 0 saturated carbocycles. The number of aliphatic imine (C=N–C) groups is 1. The number of aliphatic hydroxyl groups excluding tert-OH is 2. The number of thioether (sulfide) groups is 1. The number of ether oxygens (including phenoxy) is 1. The summed E-state index contributed by atoms with van der Waals surface area (Å²) in [7, 11) is 0. The van der Waals surface area contributed by atoms with Crippen molar-refractivity contribution in [3.05, 3.63) is 48.5 Å². The minimum atomic E-state index is -1.11. The van der Waals surface area contributed by atoms with Crippen LogP contribution in [0.2, 0.25) is 0 Å². The Morgan fingerprint density at radius 2 is 2.00 bits per heavy atom. The molecular formula is C21H28N8O3S. The van der Waals surface area contributed by atoms with Crippen LogP contribution in [0.3, 0.4) is 0 Å². The van der Waals surface area contributed by atoms with Crippen molar-refractivity contribution in [3.63, 3.8) is 0 Å². The third-order valence-electron chi connectivity index (χ3n) is 5.33. The van der Waals surface area contributed by atoms with Crippen LogP contribution in [0.5, 0.6) is 0 Å². The maximum atomic E-state index is 10.5. The van der Waals surface area contributed by atoms with Gasteiger partial charge in [0.15, 0.2) is 23.7 Å². The Hall–Kier alpha value is -2.93. The molecule has 1 saturated heterocycles. The molecule has 12 heteroatoms. The zero-order chi connectivity index (χ0) is 23.2. The highest BCUT2D eigenvalue weighted by Gasteiger charge is 2.44. The number of imidazole rings is 1. The normalized spacial score (nSPS) is 23.3. The summed E-state index contributed by atoms with van der Waals surface area (Å²) in [5.74, 6) is 2.04. The average Bonchev–Trinajstić information content (AvgIpc) is 3.38. The summed E-state index contributed by atoms with van der Waals surface area (Å²) >= 11 is 1.64. The first-order chi connectivity index (χ1) is 16.0. The van der Waals surface area contributed by atoms with Crippen LogP contribution in [0.25, 0.3) is 11.2 Å². The van der Waals surface area contributed by atoms with Crippen molar-refractivity contribution in [1.29, 1.82) is 0 Å². The van der Waals surface area contributed by atoms with Gasteiger partial charge in [-0.25, -0.2) is 19.9 Å². The molecule has 0 spiro atoms. The highest BCUT2D eigenvalue weighted by Crippen LogP contribution is 2.33. The predicted molar refractivity (Wildman–Crippen MR) is 127 cm³/mol. The number of nitrogens with two attached hydrogens (primary N) is 2. The first-order valence-corrected chi connectivity index (χ1v) is 11.8. The Morgan fingerprint density at radius 3 is 2.82 bits per heavy atom. The van der Waals surface area contributed by atoms with Gasteiger partial charge in [-0.1, -0.05) is 30.3 Å². The molecule has 0 bridgehead atoms. The van der Waals surface area contributed by atoms with E-state index < -0.39 is 24.5 Å². The van der Waals surface area contributed by atoms with E-state index in [9.17, 15) is 10.2 Å². The van der Waals surface area contributed by atoms with Crippen LogP contribution in [-0.2, 0) is 11.3 Å². The molecule has 11 nitrogen and oxygen atoms in total. The molecule has 33 heavy (non-hydrogen) atoms. The van der Waals surface area contributed by atoms with Gasteiger partial charge in [0.1, 0.15) is 24.1 Å². The van der Waals surface area contributed by atoms with Crippen molar-refractivity contribution < 1.29 is 14.9 Å². The molecule has 3 aromatic rings. The molecule has 2 aromatic heterocycles. The Kier molecular flexibility index (Phi) is 7.60. The Balaban J connectivity index is 1.20. The lowest BCUT2D eigenvalue weighted by atomic mass is 10.1. The summed E-state index contributed by atoms with van der Waals surface area (Å²) in [5.41, 5.74) is 13.7. The molecule has 7 N–H and O–H groups in total. The van der Waals surface area contributed by atoms with E-state index in [4.69, 9.17) is 16.2 Å². The Bertz CT molecular complexity index is 1080. The van der Waals surface area contributed by atoms with Crippen molar-refractivity contribution >= 4 is 34.7 Å². The number of hydrogen-bond donors (Lipinski definition) is 5. The first kappa shape index (κ1) is 23.2. The van der Waals surface area contributed by atoms with E-state index in [0.29, 0.717) is 36.0 Å². The monoisotopic (exact) mass is 472 g/mol. The van der Waals surface area contributed by atoms with Crippen molar-refractivity contribution in [1.82, 2.24) is 24.8 Å². The Labute approximate surface area is 195 Å². The molecule has 176 valence electrons. The molecule has 4 atom stereocenters. The molecule has 0 radical (unpaired) electrons. The van der Waals surface area contributed by atoms with Gasteiger partial charge < -0.3 is 31.7 Å². The highest BCUT2D eigenvalue weighted by atomic mass is 32.2. The average molecular weight is 473 g/mol. The smallest absolute Gasteiger partial charge is 0.188 e. The van der Waals surface area contributed by atoms with Gasteiger partial charge in [-0.3, -0.25) is 4.57 Å². The van der Waals surface area contributed by atoms with Gasteiger partial charge in [-0.2, -0.15) is 11.8 Å². The fourth-order valence-electron chi connectivity index (χ4n) is 3.56. The number of fused-ring (bicyclic) bond motifs is 1. The zero-order valence-electron chi connectivity index (χ0n) is 18.0. The van der Waals surface area contributed by atoms with Crippen molar-refractivity contribution in [3.8, 4) is 0 Å². The molecule has 0 aliphatic carbocycles. The third kappa shape index (κ3) is 5.53. The number of guanidine groups is 1. The molecule has 0 amide bonds. The van der Waals surface area contributed by atoms with Gasteiger partial charge >= 0.3 is 0 Å². The number of nitrogens with zero attached hydrogens (tertiary/aromatic N) is 5. The van der Waals surface area contributed by atoms with Gasteiger partial charge in [-0.15, -0.1) is 0 Å². The second-order valence-electron chi connectivity index (χ2n) is 7.67. The minimum absolute atomic E-state index is 0.248. The van der Waals surface area contributed by atoms with Crippen LogP contribution in [0.4, 0.5) is 5.82 Å². The SMILES string of the molecule is NC(=NCc1ccccc1)NCCCSC[C@H]1O[C@@H](n2cnc3c(N)ncnc32)[C@H](O)[C@@H]1O. The van der Waals surface area contributed by atoms with E-state index >= 15 is 0 Å². The molecule has 0 unspecified atom stereocenters. The summed E-state index contributed by atoms with van der Waals surface area (Å²) in [6.45, 7) is 1.23. The predicted octanol–water partition coefficient (Wildman–Crippen LogP) is 0.256. The van der Waals surface area contributed by atoms with Crippen LogP contribution in [0.15, 0.2) is 48.0 Å². The number of nitrogens with one attached hydrogen (secondary N) is 1. The standard InChI is InChI=1S/C21H28N8O3S/c22-18-15-19(27-11-26-18)29(12-28-15)20-17(31)16(30)14(32-20)10-33-8-4-7-24-21(23)25-9-13-5-2-1-3-6-13/h1-3,5-6,11-12,14,16-17,20,30-31H,4,7-10H2,(H2,22,26,27)(H3,23,24,25)/t14-,16-,17-,20-/m1/s1. The van der Waals surface area contributed by atoms with Crippen LogP contribution in [0.1, 0.15) is 18.2 Å². The maximum absolute atomic E-state index is 10.5. The van der Waals surface area contributed by atoms with Crippen LogP contribution in [-0.4, -0.2) is 72.1 Å². The fraction of sp³-hybridized carbons (Fsp3) is 0.429. The van der Waals surface area contributed by atoms with E-state index in [2.05, 4.69) is 25.3 Å². The summed E-state index contributed by atoms with van der Waals surface area (Å²) in [6, 6.07) is 9.92. The Morgan fingerprint density at radius 1 is 1.18 bits per heavy atom. The number of anilines is 1. The summed E-state index contributed by atoms with van der Waals surface area (Å²) in [4.78, 5) is 16.6. The van der Waals surface area contributed by atoms with Crippen LogP contribution < -0.4 is 16.8 Å². The number of benzene rings is 1. The number of aliphatic hydroxyl groups is 2. The molecule has 4 rings (SSSR count). The van der Waals surface area contributed by atoms with E-state index in [0.717, 1.165) is 17.7 Å². The topological polar surface area (TPSA) is 170 Å². The third-order valence-corrected chi connectivity index (χ3v) is 6.47. The lowest BCUT2D eigenvalue weighted by Gasteiger charge is -2.16. The maximum Gasteiger partial charge on any atom is 0.188 e. The molecule has 1 fully saturated rings. The highest BCUT2D eigenvalue weighted by molar-refractivity contribution is 7.99. The van der Waals surface area contributed by atoms with E-state index in [1.807, 2.05) is 30.3 Å². The fourth-order valence-corrected chi connectivity index (χ4v) is 4.58. The number of nitrogen functional groups attached to an aromatic ring is 1. The largest absolute Gasteiger partial charge is 0.387 e. The molecule has 1 aliphatic heterocycles. The minimum Gasteiger partial charge on any atom is -0.387 e. The van der Waals surface area contributed by atoms with Gasteiger partial charge in [-0.05, 0) is 17.7 Å². The summed E-state index contributed by atoms with van der Waals surface area (Å²) in [6.07, 6.45) is 0.243. The van der Waals surface area contributed by atoms with Crippen molar-refractivity contribution in [2.75, 3.05) is 23.8 Å². The molecule has 1 aliphatic rings. The van der Waals surface area contributed by atoms with E-state index in [1.54, 1.807) is 16.3 Å². The number of hydrogen-bond acceptors (Lipinski definition) is 9. The first-order valence-electron chi connectivity index (χ1n) is 10.6. The number of aromatic nitrogens is 4.